The molecular formula is C9H17FN2O. The normalized spacial score (nSPS) is 28.9. The lowest BCUT2D eigenvalue weighted by atomic mass is 10.0. The average molecular weight is 188 g/mol. The molecule has 0 saturated carbocycles. The highest BCUT2D eigenvalue weighted by Crippen LogP contribution is 2.12. The Bertz CT molecular complexity index is 200. The molecule has 13 heavy (non-hydrogen) atoms. The fraction of sp³-hybridized carbons (Fsp3) is 0.889. The first-order chi connectivity index (χ1) is 5.91. The molecule has 1 aliphatic rings. The third-order valence-electron chi connectivity index (χ3n) is 2.37. The van der Waals surface area contributed by atoms with Crippen LogP contribution < -0.4 is 10.6 Å². The van der Waals surface area contributed by atoms with Crippen molar-refractivity contribution in [2.75, 3.05) is 13.1 Å². The highest BCUT2D eigenvalue weighted by molar-refractivity contribution is 5.84. The molecule has 2 atom stereocenters. The topological polar surface area (TPSA) is 41.1 Å². The van der Waals surface area contributed by atoms with E-state index in [0.717, 1.165) is 13.1 Å². The van der Waals surface area contributed by atoms with E-state index in [1.165, 1.54) is 13.8 Å². The number of hydrogen-bond acceptors (Lipinski definition) is 2. The maximum Gasteiger partial charge on any atom is 0.257 e. The van der Waals surface area contributed by atoms with Crippen molar-refractivity contribution >= 4 is 5.91 Å². The van der Waals surface area contributed by atoms with Gasteiger partial charge in [0, 0.05) is 12.6 Å². The zero-order valence-corrected chi connectivity index (χ0v) is 8.36. The first kappa shape index (κ1) is 10.4. The summed E-state index contributed by atoms with van der Waals surface area (Å²) in [6.45, 7) is 6.21. The Balaban J connectivity index is 2.45. The Kier molecular flexibility index (Phi) is 2.91. The van der Waals surface area contributed by atoms with Crippen molar-refractivity contribution in [3.05, 3.63) is 0 Å². The Morgan fingerprint density at radius 2 is 2.15 bits per heavy atom. The molecule has 1 heterocycles. The van der Waals surface area contributed by atoms with E-state index in [-0.39, 0.29) is 6.04 Å². The quantitative estimate of drug-likeness (QED) is 0.661. The van der Waals surface area contributed by atoms with Gasteiger partial charge in [-0.1, -0.05) is 6.92 Å². The van der Waals surface area contributed by atoms with Gasteiger partial charge in [0.1, 0.15) is 0 Å². The molecule has 0 aromatic rings. The molecule has 1 saturated heterocycles. The van der Waals surface area contributed by atoms with E-state index in [9.17, 15) is 9.18 Å². The molecule has 0 aromatic carbocycles. The zero-order chi connectivity index (χ0) is 10.1. The number of hydrogen-bond donors (Lipinski definition) is 2. The second-order valence-electron chi connectivity index (χ2n) is 4.19. The maximum atomic E-state index is 13.1. The van der Waals surface area contributed by atoms with Crippen LogP contribution in [-0.4, -0.2) is 30.7 Å². The number of rotatable bonds is 2. The number of alkyl halides is 1. The van der Waals surface area contributed by atoms with Crippen LogP contribution in [0.4, 0.5) is 4.39 Å². The zero-order valence-electron chi connectivity index (χ0n) is 8.36. The Hall–Kier alpha value is -0.640. The lowest BCUT2D eigenvalue weighted by Gasteiger charge is -2.20. The van der Waals surface area contributed by atoms with Gasteiger partial charge in [-0.25, -0.2) is 4.39 Å². The minimum Gasteiger partial charge on any atom is -0.349 e. The van der Waals surface area contributed by atoms with Crippen molar-refractivity contribution in [2.24, 2.45) is 5.92 Å². The molecule has 0 bridgehead atoms. The fourth-order valence-electron chi connectivity index (χ4n) is 1.34. The third kappa shape index (κ3) is 2.66. The van der Waals surface area contributed by atoms with Crippen molar-refractivity contribution in [3.63, 3.8) is 0 Å². The highest BCUT2D eigenvalue weighted by Gasteiger charge is 2.31. The van der Waals surface area contributed by atoms with Crippen LogP contribution in [0.2, 0.25) is 0 Å². The molecule has 76 valence electrons. The van der Waals surface area contributed by atoms with Gasteiger partial charge >= 0.3 is 0 Å². The van der Waals surface area contributed by atoms with Crippen LogP contribution in [-0.2, 0) is 4.79 Å². The van der Waals surface area contributed by atoms with E-state index in [2.05, 4.69) is 10.6 Å². The summed E-state index contributed by atoms with van der Waals surface area (Å²) in [5.41, 5.74) is -1.78. The number of amides is 1. The summed E-state index contributed by atoms with van der Waals surface area (Å²) in [7, 11) is 0. The standard InChI is InChI=1S/C9H17FN2O/c1-6-4-11-5-7(6)12-8(13)9(2,3)10/h6-7,11H,4-5H2,1-3H3,(H,12,13). The first-order valence-corrected chi connectivity index (χ1v) is 4.62. The van der Waals surface area contributed by atoms with Gasteiger partial charge in [0.05, 0.1) is 0 Å². The summed E-state index contributed by atoms with van der Waals surface area (Å²) in [4.78, 5) is 11.3. The smallest absolute Gasteiger partial charge is 0.257 e. The van der Waals surface area contributed by atoms with Gasteiger partial charge < -0.3 is 10.6 Å². The van der Waals surface area contributed by atoms with Crippen LogP contribution >= 0.6 is 0 Å². The molecule has 2 unspecified atom stereocenters. The Morgan fingerprint density at radius 1 is 1.54 bits per heavy atom. The molecule has 2 N–H and O–H groups in total. The van der Waals surface area contributed by atoms with Gasteiger partial charge in [-0.2, -0.15) is 0 Å². The summed E-state index contributed by atoms with van der Waals surface area (Å²) in [6, 6.07) is 0.0718. The van der Waals surface area contributed by atoms with Crippen molar-refractivity contribution in [2.45, 2.75) is 32.5 Å². The first-order valence-electron chi connectivity index (χ1n) is 4.62. The minimum absolute atomic E-state index is 0.0718. The molecule has 3 nitrogen and oxygen atoms in total. The third-order valence-corrected chi connectivity index (χ3v) is 2.37. The van der Waals surface area contributed by atoms with Crippen LogP contribution in [0.3, 0.4) is 0 Å². The van der Waals surface area contributed by atoms with Gasteiger partial charge in [-0.15, -0.1) is 0 Å². The number of carbonyl (C=O) groups is 1. The van der Waals surface area contributed by atoms with Crippen molar-refractivity contribution in [1.82, 2.24) is 10.6 Å². The van der Waals surface area contributed by atoms with E-state index < -0.39 is 11.6 Å². The van der Waals surface area contributed by atoms with Crippen molar-refractivity contribution in [3.8, 4) is 0 Å². The van der Waals surface area contributed by atoms with Crippen LogP contribution in [0.1, 0.15) is 20.8 Å². The van der Waals surface area contributed by atoms with Crippen LogP contribution in [0, 0.1) is 5.92 Å². The molecule has 1 rings (SSSR count). The van der Waals surface area contributed by atoms with E-state index >= 15 is 0 Å². The number of carbonyl (C=O) groups excluding carboxylic acids is 1. The molecule has 1 aliphatic heterocycles. The molecule has 0 radical (unpaired) electrons. The second-order valence-corrected chi connectivity index (χ2v) is 4.19. The Labute approximate surface area is 78.1 Å². The average Bonchev–Trinajstić information content (AvgIpc) is 2.34. The summed E-state index contributed by atoms with van der Waals surface area (Å²) in [5, 5.41) is 5.83. The predicted octanol–water partition coefficient (Wildman–Crippen LogP) is 0.459. The van der Waals surface area contributed by atoms with Crippen LogP contribution in [0.25, 0.3) is 0 Å². The van der Waals surface area contributed by atoms with Crippen LogP contribution in [0.5, 0.6) is 0 Å². The lowest BCUT2D eigenvalue weighted by Crippen LogP contribution is -2.47. The van der Waals surface area contributed by atoms with Gasteiger partial charge in [-0.3, -0.25) is 4.79 Å². The van der Waals surface area contributed by atoms with Crippen LogP contribution in [0.15, 0.2) is 0 Å². The number of halogens is 1. The lowest BCUT2D eigenvalue weighted by molar-refractivity contribution is -0.131. The number of nitrogens with one attached hydrogen (secondary N) is 2. The summed E-state index contributed by atoms with van der Waals surface area (Å²) < 4.78 is 13.1. The summed E-state index contributed by atoms with van der Waals surface area (Å²) >= 11 is 0. The monoisotopic (exact) mass is 188 g/mol. The van der Waals surface area contributed by atoms with E-state index in [1.807, 2.05) is 6.92 Å². The second kappa shape index (κ2) is 3.62. The van der Waals surface area contributed by atoms with Gasteiger partial charge in [0.25, 0.3) is 5.91 Å². The molecular weight excluding hydrogens is 171 g/mol. The fourth-order valence-corrected chi connectivity index (χ4v) is 1.34. The highest BCUT2D eigenvalue weighted by atomic mass is 19.1. The molecule has 1 amide bonds. The van der Waals surface area contributed by atoms with Crippen molar-refractivity contribution in [1.29, 1.82) is 0 Å². The van der Waals surface area contributed by atoms with Crippen molar-refractivity contribution < 1.29 is 9.18 Å². The molecule has 0 aliphatic carbocycles. The van der Waals surface area contributed by atoms with Gasteiger partial charge in [0.2, 0.25) is 0 Å². The minimum atomic E-state index is -1.78. The summed E-state index contributed by atoms with van der Waals surface area (Å²) in [6.07, 6.45) is 0. The molecule has 0 spiro atoms. The predicted molar refractivity (Wildman–Crippen MR) is 49.2 cm³/mol. The molecule has 0 aromatic heterocycles. The Morgan fingerprint density at radius 3 is 2.54 bits per heavy atom. The van der Waals surface area contributed by atoms with E-state index in [4.69, 9.17) is 0 Å². The van der Waals surface area contributed by atoms with Gasteiger partial charge in [0.15, 0.2) is 5.67 Å². The van der Waals surface area contributed by atoms with Gasteiger partial charge in [-0.05, 0) is 26.3 Å². The van der Waals surface area contributed by atoms with E-state index in [1.54, 1.807) is 0 Å². The largest absolute Gasteiger partial charge is 0.349 e. The molecule has 4 heteroatoms. The summed E-state index contributed by atoms with van der Waals surface area (Å²) in [5.74, 6) is -0.139. The maximum absolute atomic E-state index is 13.1. The molecule has 1 fully saturated rings. The van der Waals surface area contributed by atoms with E-state index in [0.29, 0.717) is 5.92 Å². The SMILES string of the molecule is CC1CNCC1NC(=O)C(C)(C)F.